The predicted molar refractivity (Wildman–Crippen MR) is 36.5 cm³/mol. The van der Waals surface area contributed by atoms with Gasteiger partial charge in [-0.15, -0.1) is 11.3 Å². The van der Waals surface area contributed by atoms with Crippen LogP contribution in [0.1, 0.15) is 9.67 Å². The van der Waals surface area contributed by atoms with Crippen LogP contribution in [0.2, 0.25) is 0 Å². The molecule has 1 heterocycles. The third-order valence-electron chi connectivity index (χ3n) is 0.764. The highest BCUT2D eigenvalue weighted by Gasteiger charge is 1.96. The molecule has 1 aromatic heterocycles. The minimum absolute atomic E-state index is 0. The highest BCUT2D eigenvalue weighted by molar-refractivity contribution is 7.12. The number of hydrogen-bond donors (Lipinski definition) is 1. The molecule has 3 nitrogen and oxygen atoms in total. The molecule has 4 heteroatoms. The van der Waals surface area contributed by atoms with Crippen LogP contribution in [-0.2, 0) is 0 Å². The van der Waals surface area contributed by atoms with E-state index in [2.05, 4.69) is 0 Å². The quantitative estimate of drug-likeness (QED) is 0.594. The van der Waals surface area contributed by atoms with Crippen LogP contribution in [0, 0.1) is 0 Å². The van der Waals surface area contributed by atoms with Crippen LogP contribution < -0.4 is 5.73 Å². The van der Waals surface area contributed by atoms with E-state index >= 15 is 0 Å². The molecule has 50 valence electrons. The zero-order valence-electron chi connectivity index (χ0n) is 4.63. The van der Waals surface area contributed by atoms with E-state index in [9.17, 15) is 4.79 Å². The van der Waals surface area contributed by atoms with E-state index in [-0.39, 0.29) is 11.4 Å². The lowest BCUT2D eigenvalue weighted by Crippen LogP contribution is -2.07. The van der Waals surface area contributed by atoms with Crippen LogP contribution >= 0.6 is 11.3 Å². The maximum Gasteiger partial charge on any atom is 0.258 e. The zero-order chi connectivity index (χ0) is 5.98. The number of primary amides is 1. The Labute approximate surface area is 56.4 Å². The van der Waals surface area contributed by atoms with E-state index in [0.717, 1.165) is 0 Å². The summed E-state index contributed by atoms with van der Waals surface area (Å²) in [6.45, 7) is 0. The lowest BCUT2D eigenvalue weighted by molar-refractivity contribution is 0.100. The van der Waals surface area contributed by atoms with E-state index in [4.69, 9.17) is 5.73 Å². The van der Waals surface area contributed by atoms with Crippen molar-refractivity contribution in [1.82, 2.24) is 0 Å². The molecular weight excluding hydrogens is 138 g/mol. The summed E-state index contributed by atoms with van der Waals surface area (Å²) in [5.74, 6) is -0.347. The van der Waals surface area contributed by atoms with Crippen molar-refractivity contribution < 1.29 is 10.3 Å². The van der Waals surface area contributed by atoms with Crippen molar-refractivity contribution in [2.24, 2.45) is 5.73 Å². The number of amides is 1. The normalized spacial score (nSPS) is 8.00. The van der Waals surface area contributed by atoms with Gasteiger partial charge in [-0.3, -0.25) is 4.79 Å². The van der Waals surface area contributed by atoms with Gasteiger partial charge in [0.2, 0.25) is 0 Å². The first kappa shape index (κ1) is 8.13. The van der Waals surface area contributed by atoms with Crippen molar-refractivity contribution in [1.29, 1.82) is 0 Å². The Morgan fingerprint density at radius 3 is 2.56 bits per heavy atom. The fraction of sp³-hybridized carbons (Fsp3) is 0. The Bertz CT molecular complexity index is 183. The molecule has 0 bridgehead atoms. The highest BCUT2D eigenvalue weighted by atomic mass is 32.1. The Kier molecular flexibility index (Phi) is 2.90. The number of carbonyl (C=O) groups is 1. The molecule has 1 rings (SSSR count). The first-order chi connectivity index (χ1) is 3.80. The summed E-state index contributed by atoms with van der Waals surface area (Å²) in [6.07, 6.45) is 0. The highest BCUT2D eigenvalue weighted by Crippen LogP contribution is 2.05. The number of carbonyl (C=O) groups excluding carboxylic acids is 1. The van der Waals surface area contributed by atoms with Gasteiger partial charge in [0.25, 0.3) is 5.91 Å². The molecular formula is C5H7NO2S. The van der Waals surface area contributed by atoms with Crippen LogP contribution in [0.15, 0.2) is 17.5 Å². The van der Waals surface area contributed by atoms with Gasteiger partial charge in [0, 0.05) is 0 Å². The van der Waals surface area contributed by atoms with Crippen molar-refractivity contribution in [2.75, 3.05) is 0 Å². The number of hydrogen-bond acceptors (Lipinski definition) is 2. The van der Waals surface area contributed by atoms with Crippen molar-refractivity contribution >= 4 is 17.2 Å². The van der Waals surface area contributed by atoms with Gasteiger partial charge in [-0.25, -0.2) is 0 Å². The monoisotopic (exact) mass is 145 g/mol. The Morgan fingerprint density at radius 2 is 2.33 bits per heavy atom. The van der Waals surface area contributed by atoms with Crippen molar-refractivity contribution in [2.45, 2.75) is 0 Å². The molecule has 1 amide bonds. The predicted octanol–water partition coefficient (Wildman–Crippen LogP) is 0.0223. The van der Waals surface area contributed by atoms with E-state index in [1.54, 1.807) is 12.1 Å². The number of thiophene rings is 1. The van der Waals surface area contributed by atoms with Gasteiger partial charge in [0.15, 0.2) is 0 Å². The molecule has 0 atom stereocenters. The molecule has 0 spiro atoms. The van der Waals surface area contributed by atoms with Crippen molar-refractivity contribution in [3.63, 3.8) is 0 Å². The summed E-state index contributed by atoms with van der Waals surface area (Å²) >= 11 is 1.36. The van der Waals surface area contributed by atoms with Crippen molar-refractivity contribution in [3.8, 4) is 0 Å². The second kappa shape index (κ2) is 3.21. The molecule has 9 heavy (non-hydrogen) atoms. The maximum absolute atomic E-state index is 10.3. The van der Waals surface area contributed by atoms with E-state index in [1.165, 1.54) is 11.3 Å². The fourth-order valence-corrected chi connectivity index (χ4v) is 0.996. The average Bonchev–Trinajstić information content (AvgIpc) is 2.12. The van der Waals surface area contributed by atoms with Crippen LogP contribution in [0.5, 0.6) is 0 Å². The second-order valence-corrected chi connectivity index (χ2v) is 2.29. The fourth-order valence-electron chi connectivity index (χ4n) is 0.419. The summed E-state index contributed by atoms with van der Waals surface area (Å²) in [4.78, 5) is 10.9. The van der Waals surface area contributed by atoms with Crippen molar-refractivity contribution in [3.05, 3.63) is 22.4 Å². The third-order valence-corrected chi connectivity index (χ3v) is 1.65. The van der Waals surface area contributed by atoms with Gasteiger partial charge in [-0.2, -0.15) is 0 Å². The summed E-state index contributed by atoms with van der Waals surface area (Å²) in [5.41, 5.74) is 4.93. The SMILES string of the molecule is NC(=O)c1cccs1.O. The number of nitrogens with two attached hydrogens (primary N) is 1. The van der Waals surface area contributed by atoms with Gasteiger partial charge >= 0.3 is 0 Å². The molecule has 0 aliphatic heterocycles. The summed E-state index contributed by atoms with van der Waals surface area (Å²) < 4.78 is 0. The molecule has 4 N–H and O–H groups in total. The molecule has 0 aromatic carbocycles. The first-order valence-corrected chi connectivity index (χ1v) is 3.02. The molecule has 0 unspecified atom stereocenters. The molecule has 0 saturated heterocycles. The number of rotatable bonds is 1. The Morgan fingerprint density at radius 1 is 1.67 bits per heavy atom. The smallest absolute Gasteiger partial charge is 0.258 e. The first-order valence-electron chi connectivity index (χ1n) is 2.14. The van der Waals surface area contributed by atoms with Gasteiger partial charge in [0.1, 0.15) is 0 Å². The molecule has 0 fully saturated rings. The Balaban J connectivity index is 0.000000640. The maximum atomic E-state index is 10.3. The van der Waals surface area contributed by atoms with Gasteiger partial charge in [0.05, 0.1) is 4.88 Å². The average molecular weight is 145 g/mol. The standard InChI is InChI=1S/C5H5NOS.H2O/c6-5(7)4-2-1-3-8-4;/h1-3H,(H2,6,7);1H2. The van der Waals surface area contributed by atoms with Gasteiger partial charge in [-0.1, -0.05) is 6.07 Å². The largest absolute Gasteiger partial charge is 0.412 e. The minimum atomic E-state index is -0.347. The van der Waals surface area contributed by atoms with Crippen LogP contribution in [-0.4, -0.2) is 11.4 Å². The van der Waals surface area contributed by atoms with E-state index in [1.807, 2.05) is 5.38 Å². The zero-order valence-corrected chi connectivity index (χ0v) is 5.44. The van der Waals surface area contributed by atoms with Gasteiger partial charge < -0.3 is 11.2 Å². The van der Waals surface area contributed by atoms with Crippen LogP contribution in [0.4, 0.5) is 0 Å². The molecule has 0 radical (unpaired) electrons. The van der Waals surface area contributed by atoms with Crippen LogP contribution in [0.25, 0.3) is 0 Å². The topological polar surface area (TPSA) is 74.6 Å². The van der Waals surface area contributed by atoms with E-state index < -0.39 is 0 Å². The van der Waals surface area contributed by atoms with E-state index in [0.29, 0.717) is 4.88 Å². The lowest BCUT2D eigenvalue weighted by atomic mass is 10.5. The summed E-state index contributed by atoms with van der Waals surface area (Å²) in [7, 11) is 0. The summed E-state index contributed by atoms with van der Waals surface area (Å²) in [6, 6.07) is 3.50. The molecule has 0 aliphatic rings. The lowest BCUT2D eigenvalue weighted by Gasteiger charge is -1.80. The minimum Gasteiger partial charge on any atom is -0.412 e. The molecule has 0 aliphatic carbocycles. The van der Waals surface area contributed by atoms with Crippen LogP contribution in [0.3, 0.4) is 0 Å². The molecule has 1 aromatic rings. The third kappa shape index (κ3) is 1.83. The molecule has 0 saturated carbocycles. The Hall–Kier alpha value is -0.870. The van der Waals surface area contributed by atoms with Gasteiger partial charge in [-0.05, 0) is 11.4 Å². The summed E-state index contributed by atoms with van der Waals surface area (Å²) in [5, 5.41) is 1.82. The second-order valence-electron chi connectivity index (χ2n) is 1.34.